The average molecular weight is 157 g/mol. The summed E-state index contributed by atoms with van der Waals surface area (Å²) in [5.74, 6) is -0.0834. The molecule has 0 aromatic carbocycles. The Morgan fingerprint density at radius 2 is 1.91 bits per heavy atom. The maximum atomic E-state index is 11.0. The summed E-state index contributed by atoms with van der Waals surface area (Å²) in [5.41, 5.74) is -0.0705. The third-order valence-electron chi connectivity index (χ3n) is 1.17. The predicted octanol–water partition coefficient (Wildman–Crippen LogP) is 0.323. The Labute approximate surface area is 68.6 Å². The molecule has 0 aromatic rings. The minimum Gasteiger partial charge on any atom is -0.358 e. The van der Waals surface area contributed by atoms with Crippen molar-refractivity contribution in [1.82, 2.24) is 10.6 Å². The van der Waals surface area contributed by atoms with Gasteiger partial charge in [0.05, 0.1) is 6.04 Å². The lowest BCUT2D eigenvalue weighted by atomic mass is 10.1. The summed E-state index contributed by atoms with van der Waals surface area (Å²) in [7, 11) is 1.60. The van der Waals surface area contributed by atoms with Crippen molar-refractivity contribution in [1.29, 1.82) is 0 Å². The molecule has 0 aliphatic rings. The van der Waals surface area contributed by atoms with Gasteiger partial charge in [-0.15, -0.1) is 0 Å². The molecule has 0 saturated carbocycles. The highest BCUT2D eigenvalue weighted by atomic mass is 16.2. The van der Waals surface area contributed by atoms with Crippen molar-refractivity contribution in [2.24, 2.45) is 0 Å². The lowest BCUT2D eigenvalue weighted by molar-refractivity contribution is -0.122. The van der Waals surface area contributed by atoms with Crippen molar-refractivity contribution in [3.63, 3.8) is 0 Å². The molecule has 0 fully saturated rings. The van der Waals surface area contributed by atoms with Crippen LogP contribution in [0.3, 0.4) is 0 Å². The molecule has 0 saturated heterocycles. The van der Waals surface area contributed by atoms with Crippen LogP contribution < -0.4 is 10.6 Å². The highest BCUT2D eigenvalue weighted by Gasteiger charge is 2.17. The van der Waals surface area contributed by atoms with E-state index in [0.29, 0.717) is 0 Å². The van der Waals surface area contributed by atoms with Gasteiger partial charge in [0.1, 0.15) is 0 Å². The van der Waals surface area contributed by atoms with E-state index >= 15 is 0 Å². The first kappa shape index (κ1) is 10.4. The molecular formula is C8H17N2O. The molecule has 0 rings (SSSR count). The topological polar surface area (TPSA) is 41.1 Å². The van der Waals surface area contributed by atoms with Gasteiger partial charge in [0.25, 0.3) is 0 Å². The van der Waals surface area contributed by atoms with Gasteiger partial charge in [0.2, 0.25) is 5.91 Å². The molecule has 11 heavy (non-hydrogen) atoms. The molecule has 0 bridgehead atoms. The highest BCUT2D eigenvalue weighted by Crippen LogP contribution is 2.00. The number of hydrogen-bond donors (Lipinski definition) is 2. The van der Waals surface area contributed by atoms with Gasteiger partial charge in [0, 0.05) is 12.6 Å². The van der Waals surface area contributed by atoms with Crippen molar-refractivity contribution in [2.75, 3.05) is 7.05 Å². The molecule has 1 atom stereocenters. The molecule has 2 N–H and O–H groups in total. The Morgan fingerprint density at radius 3 is 2.18 bits per heavy atom. The van der Waals surface area contributed by atoms with Crippen LogP contribution in [0, 0.1) is 6.92 Å². The normalized spacial score (nSPS) is 14.3. The van der Waals surface area contributed by atoms with Crippen LogP contribution in [0.1, 0.15) is 20.8 Å². The minimum atomic E-state index is -0.375. The van der Waals surface area contributed by atoms with E-state index in [1.54, 1.807) is 7.05 Å². The molecule has 1 amide bonds. The van der Waals surface area contributed by atoms with Crippen LogP contribution in [0.5, 0.6) is 0 Å². The lowest BCUT2D eigenvalue weighted by Gasteiger charge is -2.24. The maximum Gasteiger partial charge on any atom is 0.236 e. The molecule has 0 spiro atoms. The van der Waals surface area contributed by atoms with Crippen LogP contribution in [-0.4, -0.2) is 24.5 Å². The van der Waals surface area contributed by atoms with Gasteiger partial charge in [-0.25, -0.2) is 0 Å². The highest BCUT2D eigenvalue weighted by molar-refractivity contribution is 5.82. The first-order valence-corrected chi connectivity index (χ1v) is 3.69. The van der Waals surface area contributed by atoms with Crippen LogP contribution in [0.25, 0.3) is 0 Å². The second-order valence-electron chi connectivity index (χ2n) is 3.56. The van der Waals surface area contributed by atoms with Crippen molar-refractivity contribution < 1.29 is 4.79 Å². The van der Waals surface area contributed by atoms with Crippen molar-refractivity contribution in [2.45, 2.75) is 32.4 Å². The largest absolute Gasteiger partial charge is 0.358 e. The zero-order chi connectivity index (χ0) is 9.07. The van der Waals surface area contributed by atoms with Crippen LogP contribution in [-0.2, 0) is 4.79 Å². The number of likely N-dealkylation sites (N-methyl/N-ethyl adjacent to an activating group) is 1. The molecule has 1 unspecified atom stereocenters. The van der Waals surface area contributed by atoms with Crippen LogP contribution in [0.2, 0.25) is 0 Å². The van der Waals surface area contributed by atoms with Crippen molar-refractivity contribution >= 4 is 5.91 Å². The Balaban J connectivity index is 3.87. The predicted molar refractivity (Wildman–Crippen MR) is 46.1 cm³/mol. The van der Waals surface area contributed by atoms with E-state index in [1.807, 2.05) is 20.8 Å². The molecule has 3 nitrogen and oxygen atoms in total. The number of amides is 1. The number of rotatable bonds is 2. The number of hydrogen-bond acceptors (Lipinski definition) is 2. The summed E-state index contributed by atoms with van der Waals surface area (Å²) >= 11 is 0. The standard InChI is InChI=1S/C8H17N2O/c1-6(7(11)9-5)10-8(2,3)4/h6,10H,1H2,2-5H3,(H,9,11). The third kappa shape index (κ3) is 4.79. The zero-order valence-electron chi connectivity index (χ0n) is 7.69. The first-order valence-electron chi connectivity index (χ1n) is 3.69. The van der Waals surface area contributed by atoms with E-state index in [2.05, 4.69) is 17.6 Å². The molecule has 0 aromatic heterocycles. The van der Waals surface area contributed by atoms with Gasteiger partial charge < -0.3 is 10.6 Å². The fourth-order valence-corrected chi connectivity index (χ4v) is 0.762. The van der Waals surface area contributed by atoms with E-state index in [-0.39, 0.29) is 17.5 Å². The third-order valence-corrected chi connectivity index (χ3v) is 1.17. The van der Waals surface area contributed by atoms with E-state index in [9.17, 15) is 4.79 Å². The number of nitrogens with one attached hydrogen (secondary N) is 2. The Hall–Kier alpha value is -0.570. The Morgan fingerprint density at radius 1 is 1.45 bits per heavy atom. The average Bonchev–Trinajstić information content (AvgIpc) is 1.82. The van der Waals surface area contributed by atoms with Gasteiger partial charge in [-0.3, -0.25) is 4.79 Å². The summed E-state index contributed by atoms with van der Waals surface area (Å²) in [6, 6.07) is -0.375. The maximum absolute atomic E-state index is 11.0. The van der Waals surface area contributed by atoms with E-state index in [0.717, 1.165) is 0 Å². The van der Waals surface area contributed by atoms with Gasteiger partial charge in [-0.1, -0.05) is 0 Å². The van der Waals surface area contributed by atoms with Crippen molar-refractivity contribution in [3.05, 3.63) is 6.92 Å². The number of carbonyl (C=O) groups is 1. The number of carbonyl (C=O) groups excluding carboxylic acids is 1. The summed E-state index contributed by atoms with van der Waals surface area (Å²) in [6.45, 7) is 9.65. The molecule has 0 aliphatic heterocycles. The minimum absolute atomic E-state index is 0.0705. The molecular weight excluding hydrogens is 140 g/mol. The molecule has 0 aliphatic carbocycles. The lowest BCUT2D eigenvalue weighted by Crippen LogP contribution is -2.49. The zero-order valence-corrected chi connectivity index (χ0v) is 7.69. The second kappa shape index (κ2) is 3.72. The van der Waals surface area contributed by atoms with E-state index in [4.69, 9.17) is 0 Å². The van der Waals surface area contributed by atoms with Gasteiger partial charge in [0.15, 0.2) is 0 Å². The van der Waals surface area contributed by atoms with Crippen molar-refractivity contribution in [3.8, 4) is 0 Å². The van der Waals surface area contributed by atoms with Gasteiger partial charge in [-0.05, 0) is 27.7 Å². The fourth-order valence-electron chi connectivity index (χ4n) is 0.762. The SMILES string of the molecule is [CH2]C(NC(C)(C)C)C(=O)NC. The first-order chi connectivity index (χ1) is 4.87. The molecule has 3 heteroatoms. The summed E-state index contributed by atoms with van der Waals surface area (Å²) in [4.78, 5) is 11.0. The Bertz CT molecular complexity index is 138. The molecule has 1 radical (unpaired) electrons. The smallest absolute Gasteiger partial charge is 0.236 e. The van der Waals surface area contributed by atoms with E-state index < -0.39 is 0 Å². The van der Waals surface area contributed by atoms with Gasteiger partial charge in [-0.2, -0.15) is 0 Å². The van der Waals surface area contributed by atoms with Crippen LogP contribution >= 0.6 is 0 Å². The fraction of sp³-hybridized carbons (Fsp3) is 0.750. The van der Waals surface area contributed by atoms with E-state index in [1.165, 1.54) is 0 Å². The molecule has 0 heterocycles. The summed E-state index contributed by atoms with van der Waals surface area (Å²) in [5, 5.41) is 5.57. The monoisotopic (exact) mass is 157 g/mol. The Kier molecular flexibility index (Phi) is 3.52. The van der Waals surface area contributed by atoms with Crippen LogP contribution in [0.15, 0.2) is 0 Å². The summed E-state index contributed by atoms with van der Waals surface area (Å²) in [6.07, 6.45) is 0. The summed E-state index contributed by atoms with van der Waals surface area (Å²) < 4.78 is 0. The van der Waals surface area contributed by atoms with Gasteiger partial charge >= 0.3 is 0 Å². The second-order valence-corrected chi connectivity index (χ2v) is 3.56. The molecule has 65 valence electrons. The van der Waals surface area contributed by atoms with Crippen LogP contribution in [0.4, 0.5) is 0 Å². The quantitative estimate of drug-likeness (QED) is 0.606.